The van der Waals surface area contributed by atoms with Gasteiger partial charge in [-0.3, -0.25) is 0 Å². The number of hydrogen-bond donors (Lipinski definition) is 0. The number of anilines is 1. The van der Waals surface area contributed by atoms with Crippen molar-refractivity contribution in [1.29, 1.82) is 0 Å². The van der Waals surface area contributed by atoms with Gasteiger partial charge in [0.05, 0.1) is 13.2 Å². The quantitative estimate of drug-likeness (QED) is 0.656. The van der Waals surface area contributed by atoms with E-state index in [4.69, 9.17) is 4.74 Å². The monoisotopic (exact) mass is 207 g/mol. The summed E-state index contributed by atoms with van der Waals surface area (Å²) >= 11 is 0. The molecule has 15 heavy (non-hydrogen) atoms. The highest BCUT2D eigenvalue weighted by molar-refractivity contribution is 5.54. The van der Waals surface area contributed by atoms with Gasteiger partial charge >= 0.3 is 0 Å². The lowest BCUT2D eigenvalue weighted by Crippen LogP contribution is -2.37. The molecule has 0 unspecified atom stereocenters. The van der Waals surface area contributed by atoms with Gasteiger partial charge in [0.15, 0.2) is 0 Å². The van der Waals surface area contributed by atoms with Gasteiger partial charge in [0.25, 0.3) is 0 Å². The topological polar surface area (TPSA) is 55.3 Å². The molecule has 1 aliphatic rings. The van der Waals surface area contributed by atoms with Crippen molar-refractivity contribution < 1.29 is 9.53 Å². The molecule has 2 heterocycles. The Morgan fingerprint density at radius 1 is 1.33 bits per heavy atom. The SMILES string of the molecule is O=CCc1cnc(N2CCOCC2)nc1. The number of ether oxygens (including phenoxy) is 1. The summed E-state index contributed by atoms with van der Waals surface area (Å²) in [5.41, 5.74) is 0.849. The van der Waals surface area contributed by atoms with Crippen LogP contribution in [0.1, 0.15) is 5.56 Å². The van der Waals surface area contributed by atoms with Crippen LogP contribution in [-0.2, 0) is 16.0 Å². The molecule has 0 spiro atoms. The second-order valence-electron chi connectivity index (χ2n) is 3.36. The van der Waals surface area contributed by atoms with Gasteiger partial charge in [0, 0.05) is 31.9 Å². The molecule has 1 aliphatic heterocycles. The van der Waals surface area contributed by atoms with Crippen LogP contribution in [0.15, 0.2) is 12.4 Å². The number of rotatable bonds is 3. The number of aldehydes is 1. The van der Waals surface area contributed by atoms with E-state index >= 15 is 0 Å². The average Bonchev–Trinajstić information content (AvgIpc) is 2.32. The largest absolute Gasteiger partial charge is 0.378 e. The van der Waals surface area contributed by atoms with E-state index < -0.39 is 0 Å². The van der Waals surface area contributed by atoms with E-state index in [1.807, 2.05) is 0 Å². The van der Waals surface area contributed by atoms with Crippen LogP contribution in [0.25, 0.3) is 0 Å². The van der Waals surface area contributed by atoms with Crippen LogP contribution >= 0.6 is 0 Å². The molecule has 0 bridgehead atoms. The van der Waals surface area contributed by atoms with Gasteiger partial charge in [-0.25, -0.2) is 9.97 Å². The summed E-state index contributed by atoms with van der Waals surface area (Å²) in [5.74, 6) is 0.716. The first-order valence-electron chi connectivity index (χ1n) is 4.97. The van der Waals surface area contributed by atoms with Crippen molar-refractivity contribution in [2.24, 2.45) is 0 Å². The smallest absolute Gasteiger partial charge is 0.225 e. The molecule has 1 saturated heterocycles. The molecule has 0 radical (unpaired) electrons. The number of aromatic nitrogens is 2. The summed E-state index contributed by atoms with van der Waals surface area (Å²) in [5, 5.41) is 0. The van der Waals surface area contributed by atoms with Gasteiger partial charge in [0.2, 0.25) is 5.95 Å². The number of carbonyl (C=O) groups excluding carboxylic acids is 1. The lowest BCUT2D eigenvalue weighted by molar-refractivity contribution is -0.107. The minimum atomic E-state index is 0.378. The van der Waals surface area contributed by atoms with E-state index in [-0.39, 0.29) is 0 Å². The number of carbonyl (C=O) groups is 1. The maximum absolute atomic E-state index is 10.3. The first-order valence-corrected chi connectivity index (χ1v) is 4.97. The summed E-state index contributed by atoms with van der Waals surface area (Å²) in [4.78, 5) is 20.8. The molecule has 2 rings (SSSR count). The van der Waals surface area contributed by atoms with Gasteiger partial charge in [-0.05, 0) is 5.56 Å². The van der Waals surface area contributed by atoms with Crippen molar-refractivity contribution >= 4 is 12.2 Å². The van der Waals surface area contributed by atoms with Crippen LogP contribution in [0.4, 0.5) is 5.95 Å². The van der Waals surface area contributed by atoms with E-state index in [0.29, 0.717) is 12.4 Å². The van der Waals surface area contributed by atoms with Crippen molar-refractivity contribution in [3.8, 4) is 0 Å². The first-order chi connectivity index (χ1) is 7.40. The molecule has 1 aromatic rings. The van der Waals surface area contributed by atoms with Gasteiger partial charge in [0.1, 0.15) is 6.29 Å². The third-order valence-electron chi connectivity index (χ3n) is 2.30. The average molecular weight is 207 g/mol. The predicted molar refractivity (Wildman–Crippen MR) is 54.8 cm³/mol. The lowest BCUT2D eigenvalue weighted by atomic mass is 10.3. The molecular weight excluding hydrogens is 194 g/mol. The molecule has 80 valence electrons. The fourth-order valence-corrected chi connectivity index (χ4v) is 1.48. The third-order valence-corrected chi connectivity index (χ3v) is 2.30. The van der Waals surface area contributed by atoms with E-state index in [2.05, 4.69) is 14.9 Å². The van der Waals surface area contributed by atoms with E-state index in [0.717, 1.165) is 38.2 Å². The highest BCUT2D eigenvalue weighted by atomic mass is 16.5. The molecule has 5 nitrogen and oxygen atoms in total. The zero-order chi connectivity index (χ0) is 10.5. The zero-order valence-electron chi connectivity index (χ0n) is 8.43. The van der Waals surface area contributed by atoms with Crippen LogP contribution in [-0.4, -0.2) is 42.6 Å². The van der Waals surface area contributed by atoms with Crippen molar-refractivity contribution in [2.45, 2.75) is 6.42 Å². The highest BCUT2D eigenvalue weighted by Gasteiger charge is 2.12. The molecule has 0 aromatic carbocycles. The molecule has 0 atom stereocenters. The van der Waals surface area contributed by atoms with E-state index in [1.165, 1.54) is 0 Å². The van der Waals surface area contributed by atoms with Gasteiger partial charge in [-0.1, -0.05) is 0 Å². The summed E-state index contributed by atoms with van der Waals surface area (Å²) in [6, 6.07) is 0. The van der Waals surface area contributed by atoms with Crippen LogP contribution in [0, 0.1) is 0 Å². The Balaban J connectivity index is 2.04. The molecule has 0 aliphatic carbocycles. The number of morpholine rings is 1. The summed E-state index contributed by atoms with van der Waals surface area (Å²) < 4.78 is 5.24. The molecule has 0 saturated carbocycles. The Kier molecular flexibility index (Phi) is 3.24. The molecule has 0 amide bonds. The second-order valence-corrected chi connectivity index (χ2v) is 3.36. The molecule has 1 fully saturated rings. The summed E-state index contributed by atoms with van der Waals surface area (Å²) in [6.07, 6.45) is 4.63. The standard InChI is InChI=1S/C10H13N3O2/c14-4-1-9-7-11-10(12-8-9)13-2-5-15-6-3-13/h4,7-8H,1-3,5-6H2. The van der Waals surface area contributed by atoms with Crippen molar-refractivity contribution in [2.75, 3.05) is 31.2 Å². The van der Waals surface area contributed by atoms with Gasteiger partial charge in [-0.2, -0.15) is 0 Å². The highest BCUT2D eigenvalue weighted by Crippen LogP contribution is 2.09. The molecule has 1 aromatic heterocycles. The predicted octanol–water partition coefficient (Wildman–Crippen LogP) is 0.0546. The molecule has 5 heteroatoms. The van der Waals surface area contributed by atoms with Gasteiger partial charge in [-0.15, -0.1) is 0 Å². The van der Waals surface area contributed by atoms with Crippen molar-refractivity contribution in [3.05, 3.63) is 18.0 Å². The second kappa shape index (κ2) is 4.84. The third kappa shape index (κ3) is 2.50. The van der Waals surface area contributed by atoms with Crippen molar-refractivity contribution in [1.82, 2.24) is 9.97 Å². The number of nitrogens with zero attached hydrogens (tertiary/aromatic N) is 3. The summed E-state index contributed by atoms with van der Waals surface area (Å²) in [6.45, 7) is 3.10. The zero-order valence-corrected chi connectivity index (χ0v) is 8.43. The van der Waals surface area contributed by atoms with Crippen LogP contribution in [0.2, 0.25) is 0 Å². The fraction of sp³-hybridized carbons (Fsp3) is 0.500. The van der Waals surface area contributed by atoms with Gasteiger partial charge < -0.3 is 14.4 Å². The van der Waals surface area contributed by atoms with E-state index in [1.54, 1.807) is 12.4 Å². The van der Waals surface area contributed by atoms with Crippen LogP contribution < -0.4 is 4.90 Å². The Hall–Kier alpha value is -1.49. The Bertz CT molecular complexity index is 320. The first kappa shape index (κ1) is 10.0. The Morgan fingerprint density at radius 2 is 2.00 bits per heavy atom. The Morgan fingerprint density at radius 3 is 2.60 bits per heavy atom. The van der Waals surface area contributed by atoms with Crippen LogP contribution in [0.3, 0.4) is 0 Å². The maximum Gasteiger partial charge on any atom is 0.225 e. The number of hydrogen-bond acceptors (Lipinski definition) is 5. The van der Waals surface area contributed by atoms with E-state index in [9.17, 15) is 4.79 Å². The fourth-order valence-electron chi connectivity index (χ4n) is 1.48. The molecule has 0 N–H and O–H groups in total. The normalized spacial score (nSPS) is 16.4. The molecular formula is C10H13N3O2. The minimum Gasteiger partial charge on any atom is -0.378 e. The van der Waals surface area contributed by atoms with Crippen molar-refractivity contribution in [3.63, 3.8) is 0 Å². The minimum absolute atomic E-state index is 0.378. The Labute approximate surface area is 88.1 Å². The maximum atomic E-state index is 10.3. The summed E-state index contributed by atoms with van der Waals surface area (Å²) in [7, 11) is 0. The van der Waals surface area contributed by atoms with Crippen LogP contribution in [0.5, 0.6) is 0 Å². The lowest BCUT2D eigenvalue weighted by Gasteiger charge is -2.26.